The fraction of sp³-hybridized carbons (Fsp3) is 0.316. The minimum absolute atomic E-state index is 0.0667. The predicted octanol–water partition coefficient (Wildman–Crippen LogP) is 3.71. The number of furan rings is 1. The van der Waals surface area contributed by atoms with Crippen LogP contribution >= 0.6 is 11.8 Å². The van der Waals surface area contributed by atoms with Crippen molar-refractivity contribution in [3.05, 3.63) is 60.3 Å². The van der Waals surface area contributed by atoms with Crippen molar-refractivity contribution >= 4 is 17.7 Å². The summed E-state index contributed by atoms with van der Waals surface area (Å²) in [5.74, 6) is 2.41. The van der Waals surface area contributed by atoms with Gasteiger partial charge in [-0.05, 0) is 44.0 Å². The highest BCUT2D eigenvalue weighted by molar-refractivity contribution is 7.99. The second-order valence-electron chi connectivity index (χ2n) is 6.37. The smallest absolute Gasteiger partial charge is 0.231 e. The Kier molecular flexibility index (Phi) is 4.79. The van der Waals surface area contributed by atoms with Gasteiger partial charge in [0, 0.05) is 5.92 Å². The van der Waals surface area contributed by atoms with E-state index in [0.717, 1.165) is 30.1 Å². The fourth-order valence-corrected chi connectivity index (χ4v) is 3.39. The summed E-state index contributed by atoms with van der Waals surface area (Å²) in [6.45, 7) is 1.90. The highest BCUT2D eigenvalue weighted by Gasteiger charge is 2.30. The summed E-state index contributed by atoms with van der Waals surface area (Å²) in [6.07, 6.45) is 3.90. The molecule has 1 saturated carbocycles. The molecule has 0 spiro atoms. The van der Waals surface area contributed by atoms with Crippen molar-refractivity contribution in [2.75, 3.05) is 5.75 Å². The topological polar surface area (TPSA) is 73.0 Å². The molecule has 1 aromatic carbocycles. The molecule has 6 nitrogen and oxygen atoms in total. The zero-order chi connectivity index (χ0) is 17.9. The number of hydrogen-bond acceptors (Lipinski definition) is 5. The Labute approximate surface area is 156 Å². The Hall–Kier alpha value is -2.54. The summed E-state index contributed by atoms with van der Waals surface area (Å²) in [5.41, 5.74) is 1.00. The van der Waals surface area contributed by atoms with E-state index in [2.05, 4.69) is 15.4 Å². The minimum Gasteiger partial charge on any atom is -0.467 e. The minimum atomic E-state index is -0.157. The normalized spacial score (nSPS) is 15.0. The van der Waals surface area contributed by atoms with Crippen molar-refractivity contribution in [1.82, 2.24) is 20.1 Å². The van der Waals surface area contributed by atoms with E-state index in [-0.39, 0.29) is 17.7 Å². The lowest BCUT2D eigenvalue weighted by Crippen LogP contribution is -2.27. The molecule has 26 heavy (non-hydrogen) atoms. The third-order valence-corrected chi connectivity index (χ3v) is 5.07. The first-order chi connectivity index (χ1) is 12.7. The number of aromatic nitrogens is 3. The first-order valence-corrected chi connectivity index (χ1v) is 9.67. The van der Waals surface area contributed by atoms with Crippen LogP contribution in [-0.4, -0.2) is 26.4 Å². The van der Waals surface area contributed by atoms with Crippen LogP contribution in [0.15, 0.2) is 58.3 Å². The van der Waals surface area contributed by atoms with Gasteiger partial charge in [0.05, 0.1) is 23.7 Å². The number of nitrogens with one attached hydrogen (secondary N) is 1. The molecule has 0 bridgehead atoms. The molecule has 1 aliphatic rings. The summed E-state index contributed by atoms with van der Waals surface area (Å²) in [5, 5.41) is 8.17. The van der Waals surface area contributed by atoms with Crippen LogP contribution < -0.4 is 5.32 Å². The number of benzene rings is 1. The molecule has 1 fully saturated rings. The van der Waals surface area contributed by atoms with E-state index in [1.165, 1.54) is 11.8 Å². The molecule has 134 valence electrons. The molecule has 3 aromatic rings. The van der Waals surface area contributed by atoms with E-state index in [4.69, 9.17) is 4.42 Å². The van der Waals surface area contributed by atoms with Crippen molar-refractivity contribution in [2.24, 2.45) is 0 Å². The third-order valence-electron chi connectivity index (χ3n) is 4.24. The zero-order valence-electron chi connectivity index (χ0n) is 14.5. The summed E-state index contributed by atoms with van der Waals surface area (Å²) in [4.78, 5) is 16.9. The summed E-state index contributed by atoms with van der Waals surface area (Å²) in [6, 6.07) is 13.5. The Morgan fingerprint density at radius 1 is 1.31 bits per heavy atom. The average molecular weight is 368 g/mol. The van der Waals surface area contributed by atoms with Crippen molar-refractivity contribution in [1.29, 1.82) is 0 Å². The van der Waals surface area contributed by atoms with Crippen LogP contribution in [-0.2, 0) is 4.79 Å². The molecule has 1 N–H and O–H groups in total. The molecule has 7 heteroatoms. The van der Waals surface area contributed by atoms with Crippen molar-refractivity contribution in [3.8, 4) is 5.69 Å². The molecular weight excluding hydrogens is 348 g/mol. The average Bonchev–Trinajstić information content (AvgIpc) is 3.19. The number of para-hydroxylation sites is 1. The predicted molar refractivity (Wildman–Crippen MR) is 99.3 cm³/mol. The lowest BCUT2D eigenvalue weighted by atomic mass is 10.2. The number of carbonyl (C=O) groups excluding carboxylic acids is 1. The van der Waals surface area contributed by atoms with Gasteiger partial charge >= 0.3 is 0 Å². The SMILES string of the molecule is CC(NC(=O)CSc1nc(C2CC2)n(-c2ccccc2)n1)c1ccco1. The van der Waals surface area contributed by atoms with Crippen LogP contribution in [0.5, 0.6) is 0 Å². The molecule has 1 aliphatic carbocycles. The Morgan fingerprint density at radius 3 is 2.81 bits per heavy atom. The maximum absolute atomic E-state index is 12.2. The van der Waals surface area contributed by atoms with Gasteiger partial charge in [0.15, 0.2) is 0 Å². The zero-order valence-corrected chi connectivity index (χ0v) is 15.3. The number of carbonyl (C=O) groups is 1. The van der Waals surface area contributed by atoms with Crippen LogP contribution in [0.3, 0.4) is 0 Å². The molecular formula is C19H20N4O2S. The Morgan fingerprint density at radius 2 is 2.12 bits per heavy atom. The monoisotopic (exact) mass is 368 g/mol. The third kappa shape index (κ3) is 3.83. The van der Waals surface area contributed by atoms with Gasteiger partial charge in [-0.3, -0.25) is 4.79 Å². The molecule has 2 heterocycles. The van der Waals surface area contributed by atoms with Crippen LogP contribution in [0.4, 0.5) is 0 Å². The fourth-order valence-electron chi connectivity index (χ4n) is 2.75. The van der Waals surface area contributed by atoms with E-state index in [1.807, 2.05) is 54.1 Å². The first-order valence-electron chi connectivity index (χ1n) is 8.68. The molecule has 0 aliphatic heterocycles. The quantitative estimate of drug-likeness (QED) is 0.644. The Bertz CT molecular complexity index is 872. The van der Waals surface area contributed by atoms with Gasteiger partial charge in [-0.2, -0.15) is 0 Å². The number of nitrogens with zero attached hydrogens (tertiary/aromatic N) is 3. The first kappa shape index (κ1) is 16.9. The Balaban J connectivity index is 1.41. The van der Waals surface area contributed by atoms with Gasteiger partial charge in [0.2, 0.25) is 11.1 Å². The van der Waals surface area contributed by atoms with Gasteiger partial charge < -0.3 is 9.73 Å². The van der Waals surface area contributed by atoms with Crippen molar-refractivity contribution < 1.29 is 9.21 Å². The van der Waals surface area contributed by atoms with E-state index in [9.17, 15) is 4.79 Å². The highest BCUT2D eigenvalue weighted by Crippen LogP contribution is 2.40. The van der Waals surface area contributed by atoms with Gasteiger partial charge in [-0.15, -0.1) is 5.10 Å². The summed E-state index contributed by atoms with van der Waals surface area (Å²) < 4.78 is 7.22. The number of hydrogen-bond donors (Lipinski definition) is 1. The van der Waals surface area contributed by atoms with Crippen LogP contribution in [0, 0.1) is 0 Å². The van der Waals surface area contributed by atoms with Gasteiger partial charge in [-0.25, -0.2) is 9.67 Å². The lowest BCUT2D eigenvalue weighted by molar-refractivity contribution is -0.119. The largest absolute Gasteiger partial charge is 0.467 e. The molecule has 0 saturated heterocycles. The summed E-state index contributed by atoms with van der Waals surface area (Å²) in [7, 11) is 0. The molecule has 4 rings (SSSR count). The molecule has 0 radical (unpaired) electrons. The van der Waals surface area contributed by atoms with Crippen LogP contribution in [0.25, 0.3) is 5.69 Å². The van der Waals surface area contributed by atoms with E-state index < -0.39 is 0 Å². The molecule has 2 aromatic heterocycles. The lowest BCUT2D eigenvalue weighted by Gasteiger charge is -2.10. The van der Waals surface area contributed by atoms with Gasteiger partial charge in [-0.1, -0.05) is 30.0 Å². The number of rotatable bonds is 7. The maximum atomic E-state index is 12.2. The second kappa shape index (κ2) is 7.37. The second-order valence-corrected chi connectivity index (χ2v) is 7.31. The van der Waals surface area contributed by atoms with Crippen LogP contribution in [0.1, 0.15) is 43.3 Å². The maximum Gasteiger partial charge on any atom is 0.231 e. The van der Waals surface area contributed by atoms with Gasteiger partial charge in [0.25, 0.3) is 0 Å². The molecule has 1 unspecified atom stereocenters. The standard InChI is InChI=1S/C19H20N4O2S/c1-13(16-8-5-11-25-16)20-17(24)12-26-19-21-18(14-9-10-14)23(22-19)15-6-3-2-4-7-15/h2-8,11,13-14H,9-10,12H2,1H3,(H,20,24). The van der Waals surface area contributed by atoms with Crippen molar-refractivity contribution in [2.45, 2.75) is 36.9 Å². The number of amides is 1. The van der Waals surface area contributed by atoms with Gasteiger partial charge in [0.1, 0.15) is 11.6 Å². The summed E-state index contributed by atoms with van der Waals surface area (Å²) >= 11 is 1.36. The van der Waals surface area contributed by atoms with E-state index in [0.29, 0.717) is 11.1 Å². The molecule has 1 atom stereocenters. The van der Waals surface area contributed by atoms with E-state index >= 15 is 0 Å². The number of thioether (sulfide) groups is 1. The van der Waals surface area contributed by atoms with Crippen LogP contribution in [0.2, 0.25) is 0 Å². The molecule has 1 amide bonds. The van der Waals surface area contributed by atoms with E-state index in [1.54, 1.807) is 6.26 Å². The highest BCUT2D eigenvalue weighted by atomic mass is 32.2. The van der Waals surface area contributed by atoms with Crippen molar-refractivity contribution in [3.63, 3.8) is 0 Å².